The van der Waals surface area contributed by atoms with Crippen LogP contribution in [0.2, 0.25) is 0 Å². The number of carbonyl (C=O) groups is 2. The number of hydrogen-bond donors (Lipinski definition) is 4. The van der Waals surface area contributed by atoms with Gasteiger partial charge >= 0.3 is 6.09 Å². The van der Waals surface area contributed by atoms with E-state index >= 15 is 0 Å². The minimum atomic E-state index is -0.972. The van der Waals surface area contributed by atoms with Crippen LogP contribution >= 0.6 is 0 Å². The van der Waals surface area contributed by atoms with Gasteiger partial charge in [0.15, 0.2) is 5.69 Å². The van der Waals surface area contributed by atoms with Crippen LogP contribution in [-0.4, -0.2) is 130 Å². The van der Waals surface area contributed by atoms with Crippen molar-refractivity contribution in [3.8, 4) is 0 Å². The lowest BCUT2D eigenvalue weighted by Gasteiger charge is -2.34. The number of nitrogens with zero attached hydrogens (tertiary/aromatic N) is 8. The fourth-order valence-corrected chi connectivity index (χ4v) is 5.98. The number of methoxy groups -OCH3 is 1. The highest BCUT2D eigenvalue weighted by Gasteiger charge is 2.22. The zero-order valence-electron chi connectivity index (χ0n) is 27.1. The Morgan fingerprint density at radius 1 is 0.978 bits per heavy atom. The molecule has 5 heterocycles. The topological polar surface area (TPSA) is 166 Å². The molecule has 2 fully saturated rings. The van der Waals surface area contributed by atoms with E-state index in [2.05, 4.69) is 45.7 Å². The molecule has 2 aliphatic rings. The third-order valence-electron chi connectivity index (χ3n) is 8.58. The van der Waals surface area contributed by atoms with Gasteiger partial charge in [0.2, 0.25) is 5.95 Å². The summed E-state index contributed by atoms with van der Waals surface area (Å²) in [5.41, 5.74) is 1.20. The molecule has 250 valence electrons. The summed E-state index contributed by atoms with van der Waals surface area (Å²) < 4.78 is 7.35. The van der Waals surface area contributed by atoms with Crippen LogP contribution in [-0.2, 0) is 4.74 Å². The second kappa shape index (κ2) is 16.0. The van der Waals surface area contributed by atoms with E-state index in [1.807, 2.05) is 30.7 Å². The van der Waals surface area contributed by atoms with Gasteiger partial charge in [-0.25, -0.2) is 14.8 Å². The van der Waals surface area contributed by atoms with Gasteiger partial charge < -0.3 is 40.5 Å². The Hall–Kier alpha value is -4.08. The van der Waals surface area contributed by atoms with Crippen molar-refractivity contribution in [3.63, 3.8) is 0 Å². The molecule has 5 rings (SSSR count). The minimum absolute atomic E-state index is 0.0482. The maximum Gasteiger partial charge on any atom is 0.404 e. The maximum atomic E-state index is 13.2. The average Bonchev–Trinajstić information content (AvgIpc) is 3.45. The van der Waals surface area contributed by atoms with Gasteiger partial charge in [-0.3, -0.25) is 9.48 Å². The highest BCUT2D eigenvalue weighted by Crippen LogP contribution is 2.26. The molecule has 46 heavy (non-hydrogen) atoms. The van der Waals surface area contributed by atoms with E-state index in [1.165, 1.54) is 0 Å². The smallest absolute Gasteiger partial charge is 0.404 e. The van der Waals surface area contributed by atoms with Gasteiger partial charge in [-0.2, -0.15) is 10.1 Å². The number of fused-ring (bicyclic) bond motifs is 1. The lowest BCUT2D eigenvalue weighted by molar-refractivity contribution is 0.0816. The van der Waals surface area contributed by atoms with Gasteiger partial charge in [0.1, 0.15) is 11.6 Å². The number of piperazine rings is 1. The molecule has 2 amide bonds. The molecule has 0 bridgehead atoms. The van der Waals surface area contributed by atoms with Crippen molar-refractivity contribution in [1.82, 2.24) is 45.2 Å². The predicted molar refractivity (Wildman–Crippen MR) is 176 cm³/mol. The summed E-state index contributed by atoms with van der Waals surface area (Å²) in [6.07, 6.45) is 6.30. The van der Waals surface area contributed by atoms with Gasteiger partial charge in [-0.05, 0) is 58.7 Å². The van der Waals surface area contributed by atoms with E-state index < -0.39 is 6.09 Å². The number of anilines is 3. The molecule has 0 saturated carbocycles. The van der Waals surface area contributed by atoms with Crippen molar-refractivity contribution >= 4 is 40.5 Å². The van der Waals surface area contributed by atoms with E-state index in [0.717, 1.165) is 83.6 Å². The summed E-state index contributed by atoms with van der Waals surface area (Å²) in [7, 11) is 1.76. The number of aromatic nitrogens is 5. The quantitative estimate of drug-likeness (QED) is 0.191. The van der Waals surface area contributed by atoms with E-state index in [4.69, 9.17) is 14.8 Å². The number of pyridine rings is 1. The summed E-state index contributed by atoms with van der Waals surface area (Å²) in [5.74, 6) is 1.73. The molecule has 0 spiro atoms. The molecule has 15 nitrogen and oxygen atoms in total. The number of amides is 2. The lowest BCUT2D eigenvalue weighted by Crippen LogP contribution is -2.47. The number of hydrogen-bond acceptors (Lipinski definition) is 11. The predicted octanol–water partition coefficient (Wildman–Crippen LogP) is 2.56. The fourth-order valence-electron chi connectivity index (χ4n) is 5.98. The van der Waals surface area contributed by atoms with Crippen molar-refractivity contribution in [2.24, 2.45) is 0 Å². The van der Waals surface area contributed by atoms with E-state index in [9.17, 15) is 9.59 Å². The molecule has 4 N–H and O–H groups in total. The first-order valence-corrected chi connectivity index (χ1v) is 16.3. The second-order valence-electron chi connectivity index (χ2n) is 12.1. The van der Waals surface area contributed by atoms with E-state index in [0.29, 0.717) is 41.8 Å². The summed E-state index contributed by atoms with van der Waals surface area (Å²) in [6.45, 7) is 12.5. The summed E-state index contributed by atoms with van der Waals surface area (Å²) in [6, 6.07) is 3.78. The number of nitrogens with one attached hydrogen (secondary N) is 3. The molecule has 2 saturated heterocycles. The minimum Gasteiger partial charge on any atom is -0.465 e. The normalized spacial score (nSPS) is 16.7. The third kappa shape index (κ3) is 8.79. The molecule has 0 aliphatic carbocycles. The molecular weight excluding hydrogens is 590 g/mol. The van der Waals surface area contributed by atoms with Crippen LogP contribution in [0.3, 0.4) is 0 Å². The van der Waals surface area contributed by atoms with Crippen molar-refractivity contribution in [1.29, 1.82) is 0 Å². The second-order valence-corrected chi connectivity index (χ2v) is 12.1. The number of ether oxygens (including phenoxy) is 1. The maximum absolute atomic E-state index is 13.2. The molecule has 0 unspecified atom stereocenters. The van der Waals surface area contributed by atoms with Crippen LogP contribution < -0.4 is 20.9 Å². The standard InChI is InChI=1S/C31H47N11O4/c1-22(2)42-25-20-27(36-26-6-11-33-30(37-26)41-14-7-23(46-3)8-15-41)35-21-24(25)28(38-42)29(43)32-9-4-12-39-16-18-40(19-17-39)13-5-10-34-31(44)45/h6,11,20-23,34H,4-5,7-10,12-19H2,1-3H3,(H,32,43)(H,44,45)(H,33,35,36,37). The zero-order chi connectivity index (χ0) is 32.5. The fraction of sp³-hybridized carbons (Fsp3) is 0.613. The molecule has 15 heteroatoms. The highest BCUT2D eigenvalue weighted by atomic mass is 16.5. The first kappa shape index (κ1) is 33.3. The van der Waals surface area contributed by atoms with Crippen LogP contribution in [0, 0.1) is 0 Å². The van der Waals surface area contributed by atoms with Gasteiger partial charge in [0.05, 0.1) is 17.0 Å². The lowest BCUT2D eigenvalue weighted by atomic mass is 10.1. The Kier molecular flexibility index (Phi) is 11.5. The summed E-state index contributed by atoms with van der Waals surface area (Å²) >= 11 is 0. The number of piperidine rings is 1. The number of rotatable bonds is 14. The van der Waals surface area contributed by atoms with Gasteiger partial charge in [0.25, 0.3) is 5.91 Å². The first-order valence-electron chi connectivity index (χ1n) is 16.3. The average molecular weight is 638 g/mol. The Morgan fingerprint density at radius 3 is 2.28 bits per heavy atom. The Balaban J connectivity index is 1.13. The van der Waals surface area contributed by atoms with E-state index in [1.54, 1.807) is 19.5 Å². The first-order chi connectivity index (χ1) is 22.3. The van der Waals surface area contributed by atoms with E-state index in [-0.39, 0.29) is 18.1 Å². The largest absolute Gasteiger partial charge is 0.465 e. The van der Waals surface area contributed by atoms with Crippen LogP contribution in [0.1, 0.15) is 56.1 Å². The van der Waals surface area contributed by atoms with Crippen molar-refractivity contribution < 1.29 is 19.4 Å². The zero-order valence-corrected chi connectivity index (χ0v) is 27.1. The molecule has 0 atom stereocenters. The van der Waals surface area contributed by atoms with Crippen LogP contribution in [0.5, 0.6) is 0 Å². The van der Waals surface area contributed by atoms with Crippen molar-refractivity contribution in [2.75, 3.05) is 82.8 Å². The summed E-state index contributed by atoms with van der Waals surface area (Å²) in [4.78, 5) is 44.6. The van der Waals surface area contributed by atoms with Crippen molar-refractivity contribution in [2.45, 2.75) is 51.7 Å². The molecule has 3 aromatic heterocycles. The Labute approximate surface area is 269 Å². The molecule has 2 aliphatic heterocycles. The van der Waals surface area contributed by atoms with Crippen LogP contribution in [0.15, 0.2) is 24.5 Å². The van der Waals surface area contributed by atoms with Gasteiger partial charge in [-0.15, -0.1) is 0 Å². The van der Waals surface area contributed by atoms with Crippen LogP contribution in [0.4, 0.5) is 22.4 Å². The third-order valence-corrected chi connectivity index (χ3v) is 8.58. The monoisotopic (exact) mass is 637 g/mol. The van der Waals surface area contributed by atoms with Gasteiger partial charge in [-0.1, -0.05) is 0 Å². The number of carbonyl (C=O) groups excluding carboxylic acids is 1. The Morgan fingerprint density at radius 2 is 1.65 bits per heavy atom. The molecule has 0 radical (unpaired) electrons. The molecule has 0 aromatic carbocycles. The Bertz CT molecular complexity index is 1450. The molecule has 3 aromatic rings. The van der Waals surface area contributed by atoms with Crippen LogP contribution in [0.25, 0.3) is 10.9 Å². The number of carboxylic acid groups (broad SMARTS) is 1. The molecular formula is C31H47N11O4. The summed E-state index contributed by atoms with van der Waals surface area (Å²) in [5, 5.41) is 22.8. The SMILES string of the molecule is COC1CCN(c2nccc(Nc3cc4c(cn3)c(C(=O)NCCCN3CCN(CCCNC(=O)O)CC3)nn4C(C)C)n2)CC1. The van der Waals surface area contributed by atoms with Crippen molar-refractivity contribution in [3.05, 3.63) is 30.2 Å². The van der Waals surface area contributed by atoms with Gasteiger partial charge in [0, 0.05) is 84.0 Å². The highest BCUT2D eigenvalue weighted by molar-refractivity contribution is 6.05.